The van der Waals surface area contributed by atoms with Crippen LogP contribution in [0.5, 0.6) is 11.5 Å². The second kappa shape index (κ2) is 10.00. The Morgan fingerprint density at radius 1 is 1.03 bits per heavy atom. The molecule has 3 aromatic carbocycles. The van der Waals surface area contributed by atoms with E-state index in [-0.39, 0.29) is 4.90 Å². The minimum absolute atomic E-state index is 0.108. The average molecular weight is 564 g/mol. The highest BCUT2D eigenvalue weighted by atomic mass is 79.9. The van der Waals surface area contributed by atoms with E-state index in [1.165, 1.54) is 17.1 Å². The summed E-state index contributed by atoms with van der Waals surface area (Å²) in [5.74, 6) is 1.02. The first-order valence-electron chi connectivity index (χ1n) is 10.5. The molecule has 1 aromatic heterocycles. The summed E-state index contributed by atoms with van der Waals surface area (Å²) in [6.07, 6.45) is 0. The number of aromatic nitrogens is 1. The standard InChI is InChI=1S/C25H24BrClN2O4S/c1-28(2)13-14-33-25-20-15-18(27)9-11-22(20)29(24(25)17-7-5-4-6-8-17)34(30,31)23-12-10-19(32-3)16-21(23)26/h4-12,15-16H,13-14H2,1-3H3. The third kappa shape index (κ3) is 4.68. The van der Waals surface area contributed by atoms with Crippen molar-refractivity contribution in [2.75, 3.05) is 34.4 Å². The summed E-state index contributed by atoms with van der Waals surface area (Å²) in [5.41, 5.74) is 1.63. The summed E-state index contributed by atoms with van der Waals surface area (Å²) in [6.45, 7) is 1.04. The van der Waals surface area contributed by atoms with E-state index in [1.807, 2.05) is 49.3 Å². The van der Waals surface area contributed by atoms with Crippen molar-refractivity contribution in [1.29, 1.82) is 0 Å². The van der Waals surface area contributed by atoms with E-state index in [4.69, 9.17) is 21.1 Å². The maximum absolute atomic E-state index is 14.1. The zero-order valence-corrected chi connectivity index (χ0v) is 22.1. The topological polar surface area (TPSA) is 60.8 Å². The fraction of sp³-hybridized carbons (Fsp3) is 0.200. The van der Waals surface area contributed by atoms with Gasteiger partial charge in [-0.15, -0.1) is 0 Å². The first kappa shape index (κ1) is 24.6. The Morgan fingerprint density at radius 3 is 2.41 bits per heavy atom. The molecule has 9 heteroatoms. The third-order valence-electron chi connectivity index (χ3n) is 5.33. The van der Waals surface area contributed by atoms with Gasteiger partial charge in [-0.25, -0.2) is 12.4 Å². The highest BCUT2D eigenvalue weighted by molar-refractivity contribution is 9.10. The molecule has 1 heterocycles. The Hall–Kier alpha value is -2.52. The molecule has 6 nitrogen and oxygen atoms in total. The Labute approximate surface area is 212 Å². The van der Waals surface area contributed by atoms with Crippen LogP contribution in [0, 0.1) is 0 Å². The summed E-state index contributed by atoms with van der Waals surface area (Å²) in [7, 11) is 1.38. The average Bonchev–Trinajstić information content (AvgIpc) is 3.13. The van der Waals surface area contributed by atoms with Crippen LogP contribution in [-0.4, -0.2) is 51.6 Å². The van der Waals surface area contributed by atoms with Gasteiger partial charge in [-0.1, -0.05) is 41.9 Å². The Morgan fingerprint density at radius 2 is 1.76 bits per heavy atom. The SMILES string of the molecule is COc1ccc(S(=O)(=O)n2c(-c3ccccc3)c(OCCN(C)C)c3cc(Cl)ccc32)c(Br)c1. The molecule has 0 N–H and O–H groups in total. The van der Waals surface area contributed by atoms with E-state index in [9.17, 15) is 8.42 Å². The van der Waals surface area contributed by atoms with Gasteiger partial charge in [-0.2, -0.15) is 0 Å². The van der Waals surface area contributed by atoms with Crippen LogP contribution in [-0.2, 0) is 10.0 Å². The summed E-state index contributed by atoms with van der Waals surface area (Å²) in [6, 6.07) is 19.2. The third-order valence-corrected chi connectivity index (χ3v) is 8.26. The lowest BCUT2D eigenvalue weighted by Gasteiger charge is -2.16. The molecular formula is C25H24BrClN2O4S. The fourth-order valence-electron chi connectivity index (χ4n) is 3.69. The van der Waals surface area contributed by atoms with Gasteiger partial charge in [-0.05, 0) is 66.4 Å². The molecule has 0 saturated heterocycles. The highest BCUT2D eigenvalue weighted by Gasteiger charge is 2.30. The summed E-state index contributed by atoms with van der Waals surface area (Å²) in [4.78, 5) is 2.11. The Balaban J connectivity index is 2.05. The highest BCUT2D eigenvalue weighted by Crippen LogP contribution is 2.44. The van der Waals surface area contributed by atoms with E-state index in [0.29, 0.717) is 56.3 Å². The summed E-state index contributed by atoms with van der Waals surface area (Å²) < 4.78 is 41.5. The van der Waals surface area contributed by atoms with Crippen molar-refractivity contribution in [2.24, 2.45) is 0 Å². The van der Waals surface area contributed by atoms with Gasteiger partial charge in [0, 0.05) is 27.0 Å². The number of hydrogen-bond donors (Lipinski definition) is 0. The molecule has 0 fully saturated rings. The van der Waals surface area contributed by atoms with E-state index < -0.39 is 10.0 Å². The number of nitrogens with zero attached hydrogens (tertiary/aromatic N) is 2. The molecule has 0 aliphatic rings. The van der Waals surface area contributed by atoms with Crippen LogP contribution >= 0.6 is 27.5 Å². The summed E-state index contributed by atoms with van der Waals surface area (Å²) >= 11 is 9.74. The van der Waals surface area contributed by atoms with Crippen LogP contribution in [0.3, 0.4) is 0 Å². The molecule has 0 aliphatic carbocycles. The second-order valence-corrected chi connectivity index (χ2v) is 11.0. The number of ether oxygens (including phenoxy) is 2. The van der Waals surface area contributed by atoms with Crippen LogP contribution in [0.15, 0.2) is 76.1 Å². The number of halogens is 2. The van der Waals surface area contributed by atoms with Gasteiger partial charge in [0.25, 0.3) is 10.0 Å². The molecule has 4 rings (SSSR count). The van der Waals surface area contributed by atoms with Crippen molar-refractivity contribution in [3.05, 3.63) is 76.2 Å². The molecule has 0 atom stereocenters. The molecule has 0 radical (unpaired) electrons. The van der Waals surface area contributed by atoms with Gasteiger partial charge in [0.15, 0.2) is 5.75 Å². The normalized spacial score (nSPS) is 11.8. The minimum Gasteiger partial charge on any atom is -0.497 e. The molecule has 0 spiro atoms. The molecule has 0 aliphatic heterocycles. The molecule has 0 unspecified atom stereocenters. The molecule has 0 saturated carbocycles. The molecule has 0 amide bonds. The molecule has 34 heavy (non-hydrogen) atoms. The van der Waals surface area contributed by atoms with E-state index >= 15 is 0 Å². The van der Waals surface area contributed by atoms with Gasteiger partial charge in [0.1, 0.15) is 22.9 Å². The van der Waals surface area contributed by atoms with Gasteiger partial charge in [-0.3, -0.25) is 0 Å². The summed E-state index contributed by atoms with van der Waals surface area (Å²) in [5, 5.41) is 1.11. The molecule has 178 valence electrons. The molecular weight excluding hydrogens is 540 g/mol. The minimum atomic E-state index is -4.05. The first-order chi connectivity index (χ1) is 16.2. The van der Waals surface area contributed by atoms with Crippen molar-refractivity contribution in [1.82, 2.24) is 8.87 Å². The maximum atomic E-state index is 14.1. The predicted octanol–water partition coefficient (Wildman–Crippen LogP) is 5.91. The maximum Gasteiger partial charge on any atom is 0.269 e. The van der Waals surface area contributed by atoms with Crippen molar-refractivity contribution in [3.8, 4) is 22.8 Å². The van der Waals surface area contributed by atoms with Gasteiger partial charge in [0.2, 0.25) is 0 Å². The van der Waals surface area contributed by atoms with Crippen molar-refractivity contribution in [3.63, 3.8) is 0 Å². The number of hydrogen-bond acceptors (Lipinski definition) is 5. The van der Waals surface area contributed by atoms with Crippen molar-refractivity contribution in [2.45, 2.75) is 4.90 Å². The van der Waals surface area contributed by atoms with Crippen LogP contribution in [0.2, 0.25) is 5.02 Å². The van der Waals surface area contributed by atoms with Gasteiger partial charge in [0.05, 0.1) is 12.6 Å². The van der Waals surface area contributed by atoms with Crippen molar-refractivity contribution < 1.29 is 17.9 Å². The molecule has 4 aromatic rings. The number of fused-ring (bicyclic) bond motifs is 1. The van der Waals surface area contributed by atoms with E-state index in [2.05, 4.69) is 15.9 Å². The van der Waals surface area contributed by atoms with Crippen LogP contribution in [0.4, 0.5) is 0 Å². The largest absolute Gasteiger partial charge is 0.497 e. The lowest BCUT2D eigenvalue weighted by Crippen LogP contribution is -2.20. The number of rotatable bonds is 8. The number of methoxy groups -OCH3 is 1. The quantitative estimate of drug-likeness (QED) is 0.267. The zero-order valence-electron chi connectivity index (χ0n) is 19.0. The predicted molar refractivity (Wildman–Crippen MR) is 140 cm³/mol. The monoisotopic (exact) mass is 562 g/mol. The lowest BCUT2D eigenvalue weighted by atomic mass is 10.1. The zero-order chi connectivity index (χ0) is 24.5. The van der Waals surface area contributed by atoms with E-state index in [0.717, 1.165) is 0 Å². The fourth-order valence-corrected chi connectivity index (χ4v) is 6.43. The van der Waals surface area contributed by atoms with Crippen LogP contribution < -0.4 is 9.47 Å². The van der Waals surface area contributed by atoms with Gasteiger partial charge < -0.3 is 14.4 Å². The van der Waals surface area contributed by atoms with Crippen molar-refractivity contribution >= 4 is 48.5 Å². The van der Waals surface area contributed by atoms with Crippen LogP contribution in [0.1, 0.15) is 0 Å². The first-order valence-corrected chi connectivity index (χ1v) is 13.1. The van der Waals surface area contributed by atoms with Crippen LogP contribution in [0.25, 0.3) is 22.2 Å². The molecule has 0 bridgehead atoms. The number of likely N-dealkylation sites (N-methyl/N-ethyl adjacent to an activating group) is 1. The Bertz CT molecular complexity index is 1440. The lowest BCUT2D eigenvalue weighted by molar-refractivity contribution is 0.264. The smallest absolute Gasteiger partial charge is 0.269 e. The Kier molecular flexibility index (Phi) is 7.23. The second-order valence-electron chi connectivity index (χ2n) is 7.92. The van der Waals surface area contributed by atoms with E-state index in [1.54, 1.807) is 30.3 Å². The number of benzene rings is 3. The van der Waals surface area contributed by atoms with Gasteiger partial charge >= 0.3 is 0 Å².